The minimum Gasteiger partial charge on any atom is -0.379 e. The number of aryl methyl sites for hydroxylation is 2. The molecule has 0 saturated carbocycles. The Morgan fingerprint density at radius 3 is 2.61 bits per heavy atom. The van der Waals surface area contributed by atoms with Gasteiger partial charge in [-0.1, -0.05) is 6.92 Å². The lowest BCUT2D eigenvalue weighted by molar-refractivity contribution is 0.0117. The number of methoxy groups -OCH3 is 1. The average molecular weight is 253 g/mol. The first-order valence-electron chi connectivity index (χ1n) is 6.68. The molecule has 1 heterocycles. The van der Waals surface area contributed by atoms with Crippen molar-refractivity contribution in [3.8, 4) is 0 Å². The largest absolute Gasteiger partial charge is 0.379 e. The van der Waals surface area contributed by atoms with Crippen LogP contribution in [0.2, 0.25) is 0 Å². The highest BCUT2D eigenvalue weighted by Crippen LogP contribution is 2.24. The number of nitrogens with one attached hydrogen (secondary N) is 1. The molecule has 0 amide bonds. The van der Waals surface area contributed by atoms with E-state index in [2.05, 4.69) is 37.3 Å². The fourth-order valence-corrected chi connectivity index (χ4v) is 2.08. The average Bonchev–Trinajstić information content (AvgIpc) is 2.72. The van der Waals surface area contributed by atoms with Crippen molar-refractivity contribution in [3.63, 3.8) is 0 Å². The monoisotopic (exact) mass is 253 g/mol. The van der Waals surface area contributed by atoms with Gasteiger partial charge in [0.25, 0.3) is 0 Å². The molecular weight excluding hydrogens is 226 g/mol. The summed E-state index contributed by atoms with van der Waals surface area (Å²) in [5.41, 5.74) is 2.33. The van der Waals surface area contributed by atoms with Gasteiger partial charge in [0.2, 0.25) is 0 Å². The summed E-state index contributed by atoms with van der Waals surface area (Å²) in [6.45, 7) is 6.38. The second-order valence-electron chi connectivity index (χ2n) is 5.38. The van der Waals surface area contributed by atoms with Gasteiger partial charge < -0.3 is 10.1 Å². The van der Waals surface area contributed by atoms with Crippen LogP contribution in [0.15, 0.2) is 6.07 Å². The van der Waals surface area contributed by atoms with Gasteiger partial charge in [-0.15, -0.1) is 0 Å². The Labute approximate surface area is 111 Å². The smallest absolute Gasteiger partial charge is 0.0625 e. The summed E-state index contributed by atoms with van der Waals surface area (Å²) in [7, 11) is 5.79. The van der Waals surface area contributed by atoms with Gasteiger partial charge in [-0.3, -0.25) is 4.68 Å². The van der Waals surface area contributed by atoms with E-state index in [0.717, 1.165) is 25.0 Å². The molecule has 1 N–H and O–H groups in total. The third kappa shape index (κ3) is 3.82. The van der Waals surface area contributed by atoms with E-state index in [4.69, 9.17) is 4.74 Å². The topological polar surface area (TPSA) is 39.1 Å². The van der Waals surface area contributed by atoms with E-state index in [0.29, 0.717) is 6.04 Å². The number of hydrogen-bond donors (Lipinski definition) is 1. The molecule has 0 aliphatic carbocycles. The Morgan fingerprint density at radius 2 is 2.17 bits per heavy atom. The maximum atomic E-state index is 5.47. The Kier molecular flexibility index (Phi) is 5.35. The molecule has 1 aromatic heterocycles. The van der Waals surface area contributed by atoms with Crippen LogP contribution in [-0.4, -0.2) is 29.5 Å². The second-order valence-corrected chi connectivity index (χ2v) is 5.38. The van der Waals surface area contributed by atoms with Crippen molar-refractivity contribution in [2.45, 2.75) is 51.7 Å². The van der Waals surface area contributed by atoms with Gasteiger partial charge in [0, 0.05) is 20.2 Å². The standard InChI is InChI=1S/C14H27N3O/c1-7-11-10-13(17(5)16-11)12(15-4)8-9-14(2,3)18-6/h10,12,15H,7-9H2,1-6H3. The van der Waals surface area contributed by atoms with Crippen LogP contribution in [0.1, 0.15) is 51.0 Å². The van der Waals surface area contributed by atoms with Crippen LogP contribution in [0, 0.1) is 0 Å². The van der Waals surface area contributed by atoms with Crippen LogP contribution in [0.4, 0.5) is 0 Å². The zero-order valence-electron chi connectivity index (χ0n) is 12.6. The zero-order chi connectivity index (χ0) is 13.8. The first-order chi connectivity index (χ1) is 8.43. The summed E-state index contributed by atoms with van der Waals surface area (Å²) in [5, 5.41) is 7.88. The fourth-order valence-electron chi connectivity index (χ4n) is 2.08. The van der Waals surface area contributed by atoms with E-state index in [9.17, 15) is 0 Å². The van der Waals surface area contributed by atoms with Crippen LogP contribution in [0.3, 0.4) is 0 Å². The van der Waals surface area contributed by atoms with E-state index in [-0.39, 0.29) is 5.60 Å². The predicted octanol–water partition coefficient (Wildman–Crippen LogP) is 2.45. The van der Waals surface area contributed by atoms with E-state index >= 15 is 0 Å². The van der Waals surface area contributed by atoms with E-state index < -0.39 is 0 Å². The molecule has 0 fully saturated rings. The zero-order valence-corrected chi connectivity index (χ0v) is 12.6. The fraction of sp³-hybridized carbons (Fsp3) is 0.786. The molecule has 1 atom stereocenters. The molecular formula is C14H27N3O. The molecule has 0 bridgehead atoms. The number of ether oxygens (including phenoxy) is 1. The lowest BCUT2D eigenvalue weighted by Gasteiger charge is -2.25. The summed E-state index contributed by atoms with van der Waals surface area (Å²) in [6, 6.07) is 2.53. The van der Waals surface area contributed by atoms with Crippen molar-refractivity contribution in [1.82, 2.24) is 15.1 Å². The minimum absolute atomic E-state index is 0.0682. The van der Waals surface area contributed by atoms with Crippen LogP contribution in [0.25, 0.3) is 0 Å². The molecule has 104 valence electrons. The van der Waals surface area contributed by atoms with Gasteiger partial charge in [-0.05, 0) is 46.2 Å². The predicted molar refractivity (Wildman–Crippen MR) is 74.7 cm³/mol. The highest BCUT2D eigenvalue weighted by atomic mass is 16.5. The molecule has 1 rings (SSSR count). The first-order valence-corrected chi connectivity index (χ1v) is 6.68. The van der Waals surface area contributed by atoms with Crippen LogP contribution in [-0.2, 0) is 18.2 Å². The van der Waals surface area contributed by atoms with Gasteiger partial charge >= 0.3 is 0 Å². The molecule has 0 radical (unpaired) electrons. The number of rotatable bonds is 7. The molecule has 1 unspecified atom stereocenters. The lowest BCUT2D eigenvalue weighted by atomic mass is 9.97. The molecule has 1 aromatic rings. The summed E-state index contributed by atoms with van der Waals surface area (Å²) in [5.74, 6) is 0. The molecule has 0 aliphatic heterocycles. The van der Waals surface area contributed by atoms with Crippen LogP contribution in [0.5, 0.6) is 0 Å². The Hall–Kier alpha value is -0.870. The van der Waals surface area contributed by atoms with Gasteiger partial charge in [0.15, 0.2) is 0 Å². The Balaban J connectivity index is 2.74. The van der Waals surface area contributed by atoms with E-state index in [1.807, 2.05) is 18.8 Å². The van der Waals surface area contributed by atoms with E-state index in [1.54, 1.807) is 7.11 Å². The van der Waals surface area contributed by atoms with E-state index in [1.165, 1.54) is 5.69 Å². The van der Waals surface area contributed by atoms with Gasteiger partial charge in [0.05, 0.1) is 17.0 Å². The number of hydrogen-bond acceptors (Lipinski definition) is 3. The van der Waals surface area contributed by atoms with Gasteiger partial charge in [0.1, 0.15) is 0 Å². The molecule has 0 aromatic carbocycles. The molecule has 18 heavy (non-hydrogen) atoms. The lowest BCUT2D eigenvalue weighted by Crippen LogP contribution is -2.26. The normalized spacial score (nSPS) is 13.9. The summed E-state index contributed by atoms with van der Waals surface area (Å²) in [4.78, 5) is 0. The van der Waals surface area contributed by atoms with Crippen molar-refractivity contribution in [2.24, 2.45) is 7.05 Å². The van der Waals surface area contributed by atoms with Crippen molar-refractivity contribution >= 4 is 0 Å². The SMILES string of the molecule is CCc1cc(C(CCC(C)(C)OC)NC)n(C)n1. The molecule has 0 spiro atoms. The molecule has 0 saturated heterocycles. The number of aromatic nitrogens is 2. The van der Waals surface area contributed by atoms with Crippen molar-refractivity contribution in [3.05, 3.63) is 17.5 Å². The van der Waals surface area contributed by atoms with Gasteiger partial charge in [-0.2, -0.15) is 5.10 Å². The highest BCUT2D eigenvalue weighted by molar-refractivity contribution is 5.14. The third-order valence-electron chi connectivity index (χ3n) is 3.62. The Morgan fingerprint density at radius 1 is 1.50 bits per heavy atom. The van der Waals surface area contributed by atoms with Crippen LogP contribution >= 0.6 is 0 Å². The maximum Gasteiger partial charge on any atom is 0.0625 e. The number of nitrogens with zero attached hydrogens (tertiary/aromatic N) is 2. The summed E-state index contributed by atoms with van der Waals surface area (Å²) >= 11 is 0. The third-order valence-corrected chi connectivity index (χ3v) is 3.62. The van der Waals surface area contributed by atoms with Crippen molar-refractivity contribution < 1.29 is 4.74 Å². The highest BCUT2D eigenvalue weighted by Gasteiger charge is 2.21. The summed E-state index contributed by atoms with van der Waals surface area (Å²) < 4.78 is 7.46. The molecule has 0 aliphatic rings. The Bertz CT molecular complexity index is 371. The van der Waals surface area contributed by atoms with Crippen LogP contribution < -0.4 is 5.32 Å². The quantitative estimate of drug-likeness (QED) is 0.811. The maximum absolute atomic E-state index is 5.47. The molecule has 4 heteroatoms. The molecule has 4 nitrogen and oxygen atoms in total. The minimum atomic E-state index is -0.0682. The second kappa shape index (κ2) is 6.34. The van der Waals surface area contributed by atoms with Gasteiger partial charge in [-0.25, -0.2) is 0 Å². The summed E-state index contributed by atoms with van der Waals surface area (Å²) in [6.07, 6.45) is 3.04. The van der Waals surface area contributed by atoms with Crippen molar-refractivity contribution in [2.75, 3.05) is 14.2 Å². The van der Waals surface area contributed by atoms with Crippen molar-refractivity contribution in [1.29, 1.82) is 0 Å². The first kappa shape index (κ1) is 15.2.